The predicted octanol–water partition coefficient (Wildman–Crippen LogP) is 8.07. The fourth-order valence-electron chi connectivity index (χ4n) is 3.30. The van der Waals surface area contributed by atoms with E-state index >= 15 is 0 Å². The highest BCUT2D eigenvalue weighted by molar-refractivity contribution is 6.69. The van der Waals surface area contributed by atoms with E-state index in [1.54, 1.807) is 0 Å². The van der Waals surface area contributed by atoms with Crippen molar-refractivity contribution in [2.24, 2.45) is 0 Å². The van der Waals surface area contributed by atoms with E-state index in [1.807, 2.05) is 12.2 Å². The number of allylic oxidation sites excluding steroid dienone is 4. The van der Waals surface area contributed by atoms with Crippen LogP contribution in [-0.2, 0) is 17.7 Å². The SMILES string of the molecule is C=CC[Si](CC=CC[Si](CC=C)(OCCCC)OCCCC)(OCCCC)OCCCC. The van der Waals surface area contributed by atoms with E-state index in [0.717, 1.165) is 102 Å². The van der Waals surface area contributed by atoms with Gasteiger partial charge in [-0.05, 0) is 25.7 Å². The van der Waals surface area contributed by atoms with E-state index in [2.05, 4.69) is 53.0 Å². The van der Waals surface area contributed by atoms with Gasteiger partial charge in [-0.1, -0.05) is 77.7 Å². The summed E-state index contributed by atoms with van der Waals surface area (Å²) >= 11 is 0. The van der Waals surface area contributed by atoms with Gasteiger partial charge in [0.15, 0.2) is 0 Å². The Hall–Kier alpha value is -0.506. The largest absolute Gasteiger partial charge is 0.394 e. The molecule has 4 nitrogen and oxygen atoms in total. The summed E-state index contributed by atoms with van der Waals surface area (Å²) in [6.45, 7) is 19.8. The number of rotatable bonds is 24. The molecule has 0 aromatic heterocycles. The molecule has 0 amide bonds. The van der Waals surface area contributed by atoms with Crippen molar-refractivity contribution in [1.82, 2.24) is 0 Å². The average Bonchev–Trinajstić information content (AvgIpc) is 2.78. The Morgan fingerprint density at radius 2 is 0.781 bits per heavy atom. The van der Waals surface area contributed by atoms with Crippen LogP contribution in [0, 0.1) is 0 Å². The van der Waals surface area contributed by atoms with Gasteiger partial charge in [0.2, 0.25) is 0 Å². The van der Waals surface area contributed by atoms with Crippen LogP contribution in [0.2, 0.25) is 24.2 Å². The molecule has 0 aliphatic heterocycles. The molecule has 0 N–H and O–H groups in total. The average molecular weight is 485 g/mol. The van der Waals surface area contributed by atoms with Gasteiger partial charge in [-0.2, -0.15) is 0 Å². The number of hydrogen-bond donors (Lipinski definition) is 0. The van der Waals surface area contributed by atoms with E-state index in [9.17, 15) is 0 Å². The van der Waals surface area contributed by atoms with Crippen molar-refractivity contribution >= 4 is 17.1 Å². The molecule has 0 aromatic carbocycles. The highest BCUT2D eigenvalue weighted by Gasteiger charge is 2.37. The van der Waals surface area contributed by atoms with E-state index in [4.69, 9.17) is 17.7 Å². The van der Waals surface area contributed by atoms with Crippen molar-refractivity contribution in [2.45, 2.75) is 103 Å². The van der Waals surface area contributed by atoms with Gasteiger partial charge >= 0.3 is 17.1 Å². The molecular formula is C26H52O4Si2. The van der Waals surface area contributed by atoms with Crippen LogP contribution in [0.25, 0.3) is 0 Å². The summed E-state index contributed by atoms with van der Waals surface area (Å²) in [5.41, 5.74) is 0. The predicted molar refractivity (Wildman–Crippen MR) is 144 cm³/mol. The molecule has 0 aromatic rings. The minimum atomic E-state index is -2.34. The van der Waals surface area contributed by atoms with Crippen LogP contribution in [0.3, 0.4) is 0 Å². The first-order chi connectivity index (χ1) is 15.6. The second kappa shape index (κ2) is 21.1. The Kier molecular flexibility index (Phi) is 20.7. The third-order valence-corrected chi connectivity index (χ3v) is 11.8. The first-order valence-corrected chi connectivity index (χ1v) is 17.5. The Labute approximate surface area is 202 Å². The maximum Gasteiger partial charge on any atom is 0.345 e. The zero-order chi connectivity index (χ0) is 24.0. The molecule has 0 radical (unpaired) electrons. The minimum absolute atomic E-state index is 0.770. The topological polar surface area (TPSA) is 36.9 Å². The van der Waals surface area contributed by atoms with E-state index < -0.39 is 17.1 Å². The molecule has 6 heteroatoms. The molecule has 0 saturated heterocycles. The van der Waals surface area contributed by atoms with Gasteiger partial charge < -0.3 is 17.7 Å². The Balaban J connectivity index is 5.31. The molecule has 0 spiro atoms. The highest BCUT2D eigenvalue weighted by Crippen LogP contribution is 2.25. The van der Waals surface area contributed by atoms with Crippen molar-refractivity contribution in [3.8, 4) is 0 Å². The van der Waals surface area contributed by atoms with Gasteiger partial charge in [-0.3, -0.25) is 0 Å². The molecule has 0 rings (SSSR count). The zero-order valence-electron chi connectivity index (χ0n) is 21.7. The third kappa shape index (κ3) is 14.6. The molecule has 0 bridgehead atoms. The summed E-state index contributed by atoms with van der Waals surface area (Å²) in [5, 5.41) is 0. The van der Waals surface area contributed by atoms with Crippen LogP contribution >= 0.6 is 0 Å². The van der Waals surface area contributed by atoms with Gasteiger partial charge in [0.05, 0.1) is 0 Å². The quantitative estimate of drug-likeness (QED) is 0.0788. The van der Waals surface area contributed by atoms with Crippen molar-refractivity contribution < 1.29 is 17.7 Å². The lowest BCUT2D eigenvalue weighted by Gasteiger charge is -2.30. The van der Waals surface area contributed by atoms with Crippen LogP contribution in [0.15, 0.2) is 37.5 Å². The maximum atomic E-state index is 6.42. The minimum Gasteiger partial charge on any atom is -0.394 e. The molecule has 0 unspecified atom stereocenters. The van der Waals surface area contributed by atoms with Gasteiger partial charge in [0, 0.05) is 50.6 Å². The summed E-state index contributed by atoms with van der Waals surface area (Å²) in [6.07, 6.45) is 17.2. The molecule has 0 atom stereocenters. The summed E-state index contributed by atoms with van der Waals surface area (Å²) in [7, 11) is -4.68. The standard InChI is InChI=1S/C26H52O4Si2/c1-7-13-19-27-31(23-11-5,28-20-14-8-2)25-17-18-26-32(24-12-6,29-21-15-9-3)30-22-16-10-4/h11-12,17-18H,5-10,13-16,19-26H2,1-4H3. The van der Waals surface area contributed by atoms with Gasteiger partial charge in [-0.15, -0.1) is 13.2 Å². The molecule has 0 aliphatic carbocycles. The van der Waals surface area contributed by atoms with E-state index in [-0.39, 0.29) is 0 Å². The van der Waals surface area contributed by atoms with Crippen molar-refractivity contribution in [3.05, 3.63) is 37.5 Å². The molecular weight excluding hydrogens is 432 g/mol. The Bertz CT molecular complexity index is 420. The lowest BCUT2D eigenvalue weighted by Crippen LogP contribution is -2.42. The van der Waals surface area contributed by atoms with Crippen molar-refractivity contribution in [3.63, 3.8) is 0 Å². The normalized spacial score (nSPS) is 12.5. The molecule has 0 heterocycles. The zero-order valence-corrected chi connectivity index (χ0v) is 23.7. The Morgan fingerprint density at radius 1 is 0.500 bits per heavy atom. The van der Waals surface area contributed by atoms with Gasteiger partial charge in [-0.25, -0.2) is 0 Å². The van der Waals surface area contributed by atoms with Crippen LogP contribution in [0.5, 0.6) is 0 Å². The van der Waals surface area contributed by atoms with E-state index in [0.29, 0.717) is 0 Å². The third-order valence-electron chi connectivity index (χ3n) is 5.39. The van der Waals surface area contributed by atoms with Crippen LogP contribution in [-0.4, -0.2) is 43.5 Å². The summed E-state index contributed by atoms with van der Waals surface area (Å²) in [5.74, 6) is 0. The highest BCUT2D eigenvalue weighted by atomic mass is 28.4. The van der Waals surface area contributed by atoms with Gasteiger partial charge in [0.25, 0.3) is 0 Å². The molecule has 188 valence electrons. The van der Waals surface area contributed by atoms with E-state index in [1.165, 1.54) is 0 Å². The van der Waals surface area contributed by atoms with Crippen LogP contribution in [0.1, 0.15) is 79.1 Å². The number of unbranched alkanes of at least 4 members (excludes halogenated alkanes) is 4. The lowest BCUT2D eigenvalue weighted by molar-refractivity contribution is 0.166. The molecule has 32 heavy (non-hydrogen) atoms. The molecule has 0 aliphatic rings. The Morgan fingerprint density at radius 3 is 1.00 bits per heavy atom. The van der Waals surface area contributed by atoms with Crippen LogP contribution in [0.4, 0.5) is 0 Å². The molecule has 0 fully saturated rings. The van der Waals surface area contributed by atoms with Crippen molar-refractivity contribution in [1.29, 1.82) is 0 Å². The summed E-state index contributed by atoms with van der Waals surface area (Å²) < 4.78 is 25.7. The van der Waals surface area contributed by atoms with Crippen molar-refractivity contribution in [2.75, 3.05) is 26.4 Å². The summed E-state index contributed by atoms with van der Waals surface area (Å²) in [4.78, 5) is 0. The number of hydrogen-bond acceptors (Lipinski definition) is 4. The van der Waals surface area contributed by atoms with Crippen LogP contribution < -0.4 is 0 Å². The smallest absolute Gasteiger partial charge is 0.345 e. The maximum absolute atomic E-state index is 6.42. The fourth-order valence-corrected chi connectivity index (χ4v) is 8.74. The second-order valence-electron chi connectivity index (χ2n) is 8.49. The fraction of sp³-hybridized carbons (Fsp3) is 0.769. The second-order valence-corrected chi connectivity index (χ2v) is 14.9. The first kappa shape index (κ1) is 31.5. The monoisotopic (exact) mass is 484 g/mol. The summed E-state index contributed by atoms with van der Waals surface area (Å²) in [6, 6.07) is 3.32. The lowest BCUT2D eigenvalue weighted by atomic mass is 10.4. The molecule has 0 saturated carbocycles. The first-order valence-electron chi connectivity index (χ1n) is 13.0. The van der Waals surface area contributed by atoms with Gasteiger partial charge in [0.1, 0.15) is 0 Å².